The van der Waals surface area contributed by atoms with E-state index in [1.165, 1.54) is 4.90 Å². The molecule has 6 nitrogen and oxygen atoms in total. The van der Waals surface area contributed by atoms with Crippen LogP contribution in [0.3, 0.4) is 0 Å². The molecule has 4 amide bonds. The highest BCUT2D eigenvalue weighted by atomic mass is 16.2. The molecule has 1 heterocycles. The van der Waals surface area contributed by atoms with E-state index < -0.39 is 17.8 Å². The number of nitrogens with zero attached hydrogens (tertiary/aromatic N) is 3. The summed E-state index contributed by atoms with van der Waals surface area (Å²) < 4.78 is 0. The first-order valence-corrected chi connectivity index (χ1v) is 8.90. The molecule has 25 heavy (non-hydrogen) atoms. The van der Waals surface area contributed by atoms with Crippen LogP contribution in [0.5, 0.6) is 0 Å². The molecular weight excluding hydrogens is 318 g/mol. The SMILES string of the molecule is C[C@@H]1CCCC[C@@H]1N1C(=O)C(=O)N(CN(C)Cc2ccccc2)C1=O. The molecule has 1 saturated carbocycles. The molecule has 2 aliphatic rings. The minimum Gasteiger partial charge on any atom is -0.284 e. The van der Waals surface area contributed by atoms with Crippen molar-refractivity contribution in [2.24, 2.45) is 5.92 Å². The van der Waals surface area contributed by atoms with Gasteiger partial charge in [0.2, 0.25) is 0 Å². The fourth-order valence-electron chi connectivity index (χ4n) is 3.81. The van der Waals surface area contributed by atoms with Crippen LogP contribution < -0.4 is 0 Å². The number of carbonyl (C=O) groups is 3. The van der Waals surface area contributed by atoms with Crippen LogP contribution in [0.25, 0.3) is 0 Å². The van der Waals surface area contributed by atoms with E-state index >= 15 is 0 Å². The van der Waals surface area contributed by atoms with Crippen LogP contribution in [0.4, 0.5) is 4.79 Å². The third-order valence-electron chi connectivity index (χ3n) is 5.16. The van der Waals surface area contributed by atoms with Crippen molar-refractivity contribution in [2.75, 3.05) is 13.7 Å². The first-order valence-electron chi connectivity index (χ1n) is 8.90. The van der Waals surface area contributed by atoms with Crippen LogP contribution in [-0.2, 0) is 16.1 Å². The lowest BCUT2D eigenvalue weighted by Gasteiger charge is -2.34. The summed E-state index contributed by atoms with van der Waals surface area (Å²) >= 11 is 0. The molecule has 1 aliphatic carbocycles. The van der Waals surface area contributed by atoms with Crippen LogP contribution in [0.1, 0.15) is 38.2 Å². The van der Waals surface area contributed by atoms with Crippen molar-refractivity contribution in [2.45, 2.75) is 45.2 Å². The summed E-state index contributed by atoms with van der Waals surface area (Å²) in [5.41, 5.74) is 1.09. The second-order valence-corrected chi connectivity index (χ2v) is 7.16. The van der Waals surface area contributed by atoms with Gasteiger partial charge < -0.3 is 0 Å². The van der Waals surface area contributed by atoms with Crippen LogP contribution in [-0.4, -0.2) is 52.3 Å². The van der Waals surface area contributed by atoms with Crippen LogP contribution in [0, 0.1) is 5.92 Å². The number of urea groups is 1. The number of hydrogen-bond donors (Lipinski definition) is 0. The predicted octanol–water partition coefficient (Wildman–Crippen LogP) is 2.45. The third kappa shape index (κ3) is 3.58. The van der Waals surface area contributed by atoms with Crippen molar-refractivity contribution in [3.05, 3.63) is 35.9 Å². The normalized spacial score (nSPS) is 24.5. The Hall–Kier alpha value is -2.21. The Morgan fingerprint density at radius 1 is 1.04 bits per heavy atom. The lowest BCUT2D eigenvalue weighted by atomic mass is 9.85. The van der Waals surface area contributed by atoms with Crippen molar-refractivity contribution in [1.82, 2.24) is 14.7 Å². The van der Waals surface area contributed by atoms with Gasteiger partial charge in [-0.1, -0.05) is 50.1 Å². The van der Waals surface area contributed by atoms with Crippen molar-refractivity contribution in [1.29, 1.82) is 0 Å². The van der Waals surface area contributed by atoms with E-state index in [-0.39, 0.29) is 18.6 Å². The highest BCUT2D eigenvalue weighted by Gasteiger charge is 2.49. The molecule has 1 aromatic rings. The molecule has 0 N–H and O–H groups in total. The Morgan fingerprint density at radius 3 is 2.40 bits per heavy atom. The van der Waals surface area contributed by atoms with E-state index in [2.05, 4.69) is 6.92 Å². The van der Waals surface area contributed by atoms with Crippen molar-refractivity contribution in [3.63, 3.8) is 0 Å². The number of carbonyl (C=O) groups excluding carboxylic acids is 3. The highest BCUT2D eigenvalue weighted by molar-refractivity contribution is 6.44. The summed E-state index contributed by atoms with van der Waals surface area (Å²) in [6, 6.07) is 9.21. The number of amides is 4. The van der Waals surface area contributed by atoms with E-state index in [1.807, 2.05) is 42.3 Å². The van der Waals surface area contributed by atoms with Gasteiger partial charge in [0.1, 0.15) is 0 Å². The summed E-state index contributed by atoms with van der Waals surface area (Å²) in [6.45, 7) is 2.78. The Bertz CT molecular complexity index is 661. The second kappa shape index (κ2) is 7.35. The molecule has 0 radical (unpaired) electrons. The summed E-state index contributed by atoms with van der Waals surface area (Å²) in [7, 11) is 1.84. The zero-order valence-corrected chi connectivity index (χ0v) is 14.9. The molecule has 6 heteroatoms. The molecular formula is C19H25N3O3. The maximum atomic E-state index is 12.7. The maximum Gasteiger partial charge on any atom is 0.335 e. The number of benzene rings is 1. The Morgan fingerprint density at radius 2 is 1.72 bits per heavy atom. The monoisotopic (exact) mass is 343 g/mol. The largest absolute Gasteiger partial charge is 0.335 e. The van der Waals surface area contributed by atoms with Crippen molar-refractivity contribution in [3.8, 4) is 0 Å². The van der Waals surface area contributed by atoms with E-state index in [4.69, 9.17) is 0 Å². The fourth-order valence-corrected chi connectivity index (χ4v) is 3.81. The maximum absolute atomic E-state index is 12.7. The Kier molecular flexibility index (Phi) is 5.18. The second-order valence-electron chi connectivity index (χ2n) is 7.16. The summed E-state index contributed by atoms with van der Waals surface area (Å²) in [5.74, 6) is -1.13. The molecule has 0 aromatic heterocycles. The van der Waals surface area contributed by atoms with Gasteiger partial charge in [-0.15, -0.1) is 0 Å². The van der Waals surface area contributed by atoms with E-state index in [0.717, 1.165) is 36.1 Å². The predicted molar refractivity (Wildman–Crippen MR) is 93.3 cm³/mol. The lowest BCUT2D eigenvalue weighted by Crippen LogP contribution is -2.46. The molecule has 2 fully saturated rings. The van der Waals surface area contributed by atoms with Gasteiger partial charge in [0.05, 0.1) is 6.67 Å². The molecule has 1 aromatic carbocycles. The van der Waals surface area contributed by atoms with Crippen molar-refractivity contribution < 1.29 is 14.4 Å². The fraction of sp³-hybridized carbons (Fsp3) is 0.526. The Balaban J connectivity index is 1.68. The van der Waals surface area contributed by atoms with Gasteiger partial charge in [0.25, 0.3) is 0 Å². The van der Waals surface area contributed by atoms with Crippen LogP contribution >= 0.6 is 0 Å². The average molecular weight is 343 g/mol. The first kappa shape index (κ1) is 17.6. The zero-order valence-electron chi connectivity index (χ0n) is 14.9. The Labute approximate surface area is 148 Å². The minimum atomic E-state index is -0.706. The molecule has 134 valence electrons. The van der Waals surface area contributed by atoms with Gasteiger partial charge in [-0.2, -0.15) is 0 Å². The molecule has 1 aliphatic heterocycles. The minimum absolute atomic E-state index is 0.121. The van der Waals surface area contributed by atoms with Gasteiger partial charge in [-0.25, -0.2) is 9.69 Å². The summed E-state index contributed by atoms with van der Waals surface area (Å²) in [6.07, 6.45) is 3.89. The topological polar surface area (TPSA) is 60.9 Å². The first-order chi connectivity index (χ1) is 12.0. The number of rotatable bonds is 5. The van der Waals surface area contributed by atoms with Gasteiger partial charge in [0, 0.05) is 12.6 Å². The van der Waals surface area contributed by atoms with Gasteiger partial charge in [0.15, 0.2) is 0 Å². The smallest absolute Gasteiger partial charge is 0.284 e. The van der Waals surface area contributed by atoms with E-state index in [0.29, 0.717) is 6.54 Å². The molecule has 3 rings (SSSR count). The van der Waals surface area contributed by atoms with Gasteiger partial charge in [-0.05, 0) is 31.4 Å². The molecule has 1 saturated heterocycles. The van der Waals surface area contributed by atoms with Crippen LogP contribution in [0.2, 0.25) is 0 Å². The highest BCUT2D eigenvalue weighted by Crippen LogP contribution is 2.31. The summed E-state index contributed by atoms with van der Waals surface area (Å²) in [5, 5.41) is 0. The van der Waals surface area contributed by atoms with Crippen molar-refractivity contribution >= 4 is 17.8 Å². The van der Waals surface area contributed by atoms with E-state index in [9.17, 15) is 14.4 Å². The molecule has 0 bridgehead atoms. The third-order valence-corrected chi connectivity index (χ3v) is 5.16. The number of imide groups is 2. The molecule has 2 atom stereocenters. The van der Waals surface area contributed by atoms with E-state index in [1.54, 1.807) is 0 Å². The molecule has 0 spiro atoms. The van der Waals surface area contributed by atoms with Gasteiger partial charge in [-0.3, -0.25) is 19.4 Å². The molecule has 0 unspecified atom stereocenters. The quantitative estimate of drug-likeness (QED) is 0.609. The van der Waals surface area contributed by atoms with Crippen LogP contribution in [0.15, 0.2) is 30.3 Å². The summed E-state index contributed by atoms with van der Waals surface area (Å²) in [4.78, 5) is 41.7. The zero-order chi connectivity index (χ0) is 18.0. The average Bonchev–Trinajstić information content (AvgIpc) is 2.80. The lowest BCUT2D eigenvalue weighted by molar-refractivity contribution is -0.145. The van der Waals surface area contributed by atoms with Gasteiger partial charge >= 0.3 is 17.8 Å². The standard InChI is InChI=1S/C19H25N3O3/c1-14-8-6-7-11-16(14)22-18(24)17(23)21(19(22)25)13-20(2)12-15-9-4-3-5-10-15/h3-5,9-10,14,16H,6-8,11-13H2,1-2H3/t14-,16+/m1/s1. The number of hydrogen-bond acceptors (Lipinski definition) is 4.